The monoisotopic (exact) mass is 570 g/mol. The highest BCUT2D eigenvalue weighted by Gasteiger charge is 2.61. The summed E-state index contributed by atoms with van der Waals surface area (Å²) in [5.74, 6) is -6.42. The van der Waals surface area contributed by atoms with Gasteiger partial charge in [-0.05, 0) is 39.5 Å². The van der Waals surface area contributed by atoms with Gasteiger partial charge in [-0.25, -0.2) is 4.79 Å². The van der Waals surface area contributed by atoms with E-state index in [2.05, 4.69) is 0 Å². The van der Waals surface area contributed by atoms with Gasteiger partial charge in [0.2, 0.25) is 5.91 Å². The van der Waals surface area contributed by atoms with Gasteiger partial charge in [0.25, 0.3) is 5.91 Å². The minimum Gasteiger partial charge on any atom is -0.481 e. The zero-order valence-corrected chi connectivity index (χ0v) is 22.4. The van der Waals surface area contributed by atoms with Crippen LogP contribution in [-0.4, -0.2) is 102 Å². The van der Waals surface area contributed by atoms with Crippen LogP contribution >= 0.6 is 23.5 Å². The van der Waals surface area contributed by atoms with Crippen LogP contribution in [-0.2, 0) is 28.7 Å². The number of carboxylic acids is 2. The average molecular weight is 571 g/mol. The number of fused-ring (bicyclic) bond motifs is 1. The molecule has 0 bridgehead atoms. The van der Waals surface area contributed by atoms with Gasteiger partial charge in [0.05, 0.1) is 30.3 Å². The van der Waals surface area contributed by atoms with Gasteiger partial charge in [0.1, 0.15) is 28.1 Å². The molecule has 5 rings (SSSR count). The van der Waals surface area contributed by atoms with E-state index in [4.69, 9.17) is 9.47 Å². The van der Waals surface area contributed by atoms with Gasteiger partial charge in [-0.2, -0.15) is 0 Å². The topological polar surface area (TPSA) is 174 Å². The van der Waals surface area contributed by atoms with Crippen LogP contribution in [0, 0.1) is 11.8 Å². The molecule has 0 aromatic carbocycles. The van der Waals surface area contributed by atoms with E-state index in [1.165, 1.54) is 30.5 Å². The molecule has 0 unspecified atom stereocenters. The Morgan fingerprint density at radius 1 is 0.947 bits per heavy atom. The molecule has 0 spiro atoms. The zero-order chi connectivity index (χ0) is 27.5. The number of aliphatic hydroxyl groups is 2. The quantitative estimate of drug-likeness (QED) is 0.302. The second kappa shape index (κ2) is 10.5. The summed E-state index contributed by atoms with van der Waals surface area (Å²) in [5, 5.41) is 39.0. The van der Waals surface area contributed by atoms with Crippen molar-refractivity contribution < 1.29 is 49.1 Å². The van der Waals surface area contributed by atoms with Crippen molar-refractivity contribution in [1.82, 2.24) is 9.80 Å². The number of carboxylic acid groups (broad SMARTS) is 2. The molecule has 0 aromatic heterocycles. The molecule has 38 heavy (non-hydrogen) atoms. The van der Waals surface area contributed by atoms with E-state index in [0.29, 0.717) is 37.4 Å². The van der Waals surface area contributed by atoms with E-state index in [1.807, 2.05) is 0 Å². The Labute approximate surface area is 227 Å². The standard InChI is InChI=1S/C24H30N2O10S2/c1-9(27)13-19(29)25-15(17(37-21(13)25)11-5-3-7-35-11)20(30)26-16(24(33)34)18(12-6-4-8-36-12)38-22(26)14(10(2)28)23(31)32/h9-14,21-22,27-28H,3-8H2,1-2H3,(H,31,32)(H,33,34)/t9-,10-,11-,12+,13+,14-,21-,22-/m1/s1. The molecule has 5 aliphatic heterocycles. The maximum absolute atomic E-state index is 14.4. The first-order chi connectivity index (χ1) is 18.0. The largest absolute Gasteiger partial charge is 0.481 e. The van der Waals surface area contributed by atoms with E-state index in [1.54, 1.807) is 0 Å². The minimum absolute atomic E-state index is 0.0542. The number of hydrogen-bond donors (Lipinski definition) is 4. The van der Waals surface area contributed by atoms with Gasteiger partial charge in [-0.3, -0.25) is 24.2 Å². The molecule has 3 saturated heterocycles. The Bertz CT molecular complexity index is 1110. The van der Waals surface area contributed by atoms with E-state index in [0.717, 1.165) is 23.1 Å². The summed E-state index contributed by atoms with van der Waals surface area (Å²) in [7, 11) is 0. The van der Waals surface area contributed by atoms with Crippen LogP contribution in [0.5, 0.6) is 0 Å². The number of ether oxygens (including phenoxy) is 2. The lowest BCUT2D eigenvalue weighted by atomic mass is 9.91. The van der Waals surface area contributed by atoms with Crippen LogP contribution in [0.1, 0.15) is 39.5 Å². The normalized spacial score (nSPS) is 33.5. The van der Waals surface area contributed by atoms with Gasteiger partial charge < -0.3 is 29.9 Å². The smallest absolute Gasteiger partial charge is 0.353 e. The minimum atomic E-state index is -1.52. The number of aliphatic carboxylic acids is 2. The van der Waals surface area contributed by atoms with E-state index >= 15 is 0 Å². The maximum Gasteiger partial charge on any atom is 0.353 e. The summed E-state index contributed by atoms with van der Waals surface area (Å²) < 4.78 is 11.5. The molecule has 0 aromatic rings. The summed E-state index contributed by atoms with van der Waals surface area (Å²) in [6.07, 6.45) is -0.971. The van der Waals surface area contributed by atoms with Gasteiger partial charge in [0.15, 0.2) is 0 Å². The third kappa shape index (κ3) is 4.34. The molecule has 0 saturated carbocycles. The number of β-lactam (4-membered cyclic amide) rings is 1. The number of nitrogens with zero attached hydrogens (tertiary/aromatic N) is 2. The predicted octanol–water partition coefficient (Wildman–Crippen LogP) is 0.747. The number of rotatable bonds is 8. The first kappa shape index (κ1) is 27.5. The Balaban J connectivity index is 1.62. The molecule has 5 heterocycles. The summed E-state index contributed by atoms with van der Waals surface area (Å²) in [5.41, 5.74) is -0.460. The van der Waals surface area contributed by atoms with Crippen molar-refractivity contribution in [1.29, 1.82) is 0 Å². The second-order valence-corrected chi connectivity index (χ2v) is 12.3. The van der Waals surface area contributed by atoms with Crippen molar-refractivity contribution in [3.8, 4) is 0 Å². The zero-order valence-electron chi connectivity index (χ0n) is 20.8. The predicted molar refractivity (Wildman–Crippen MR) is 134 cm³/mol. The van der Waals surface area contributed by atoms with E-state index in [9.17, 15) is 39.6 Å². The molecule has 0 aliphatic carbocycles. The van der Waals surface area contributed by atoms with Gasteiger partial charge in [-0.15, -0.1) is 0 Å². The first-order valence-corrected chi connectivity index (χ1v) is 14.3. The molecule has 0 radical (unpaired) electrons. The fraction of sp³-hybridized carbons (Fsp3) is 0.667. The second-order valence-electron chi connectivity index (χ2n) is 10.0. The van der Waals surface area contributed by atoms with E-state index < -0.39 is 76.4 Å². The fourth-order valence-electron chi connectivity index (χ4n) is 5.66. The molecule has 14 heteroatoms. The number of thioether (sulfide) groups is 2. The van der Waals surface area contributed by atoms with Crippen molar-refractivity contribution in [2.24, 2.45) is 11.8 Å². The van der Waals surface area contributed by atoms with Gasteiger partial charge >= 0.3 is 11.9 Å². The third-order valence-electron chi connectivity index (χ3n) is 7.48. The number of hydrogen-bond acceptors (Lipinski definition) is 10. The maximum atomic E-state index is 14.4. The molecular weight excluding hydrogens is 540 g/mol. The number of carbonyl (C=O) groups is 4. The van der Waals surface area contributed by atoms with Crippen molar-refractivity contribution in [2.45, 2.75) is 74.7 Å². The number of amides is 2. The molecule has 208 valence electrons. The van der Waals surface area contributed by atoms with Crippen LogP contribution in [0.2, 0.25) is 0 Å². The lowest BCUT2D eigenvalue weighted by Crippen LogP contribution is -2.62. The molecule has 5 aliphatic rings. The van der Waals surface area contributed by atoms with Crippen molar-refractivity contribution in [2.75, 3.05) is 13.2 Å². The summed E-state index contributed by atoms with van der Waals surface area (Å²) in [6, 6.07) is 0. The lowest BCUT2D eigenvalue weighted by molar-refractivity contribution is -0.156. The Morgan fingerprint density at radius 3 is 1.97 bits per heavy atom. The van der Waals surface area contributed by atoms with Crippen LogP contribution in [0.3, 0.4) is 0 Å². The van der Waals surface area contributed by atoms with Crippen molar-refractivity contribution in [3.63, 3.8) is 0 Å². The first-order valence-electron chi connectivity index (χ1n) is 12.6. The van der Waals surface area contributed by atoms with Crippen LogP contribution in [0.4, 0.5) is 0 Å². The van der Waals surface area contributed by atoms with Crippen LogP contribution in [0.25, 0.3) is 0 Å². The van der Waals surface area contributed by atoms with Gasteiger partial charge in [0, 0.05) is 23.0 Å². The van der Waals surface area contributed by atoms with E-state index in [-0.39, 0.29) is 10.6 Å². The highest BCUT2D eigenvalue weighted by molar-refractivity contribution is 8.04. The fourth-order valence-corrected chi connectivity index (χ4v) is 9.05. The van der Waals surface area contributed by atoms with Crippen LogP contribution < -0.4 is 0 Å². The Kier molecular flexibility index (Phi) is 7.57. The Hall–Kier alpha value is -2.10. The molecule has 12 nitrogen and oxygen atoms in total. The van der Waals surface area contributed by atoms with Crippen molar-refractivity contribution in [3.05, 3.63) is 21.2 Å². The summed E-state index contributed by atoms with van der Waals surface area (Å²) in [6.45, 7) is 3.63. The molecule has 8 atom stereocenters. The number of carbonyl (C=O) groups excluding carboxylic acids is 2. The summed E-state index contributed by atoms with van der Waals surface area (Å²) in [4.78, 5) is 55.2. The van der Waals surface area contributed by atoms with Crippen molar-refractivity contribution >= 4 is 47.3 Å². The average Bonchev–Trinajstić information content (AvgIpc) is 3.62. The van der Waals surface area contributed by atoms with Gasteiger partial charge in [-0.1, -0.05) is 23.5 Å². The number of aliphatic hydroxyl groups excluding tert-OH is 2. The summed E-state index contributed by atoms with van der Waals surface area (Å²) >= 11 is 2.14. The SMILES string of the molecule is C[C@@H](O)[C@@H](C(=O)O)[C@H]1SC([C@@H]2CCCO2)=C(C(=O)O)N1C(=O)C1=C([C@H]2CCCO2)S[C@@H]2[C@@H]([C@@H](C)O)C(=O)N12. The van der Waals surface area contributed by atoms with Crippen LogP contribution in [0.15, 0.2) is 21.2 Å². The molecule has 3 fully saturated rings. The molecular formula is C24H30N2O10S2. The lowest BCUT2D eigenvalue weighted by Gasteiger charge is -2.44. The third-order valence-corrected chi connectivity index (χ3v) is 10.4. The Morgan fingerprint density at radius 2 is 1.53 bits per heavy atom. The molecule has 2 amide bonds. The molecule has 4 N–H and O–H groups in total. The highest BCUT2D eigenvalue weighted by atomic mass is 32.2. The highest BCUT2D eigenvalue weighted by Crippen LogP contribution is 2.55.